The third-order valence-electron chi connectivity index (χ3n) is 5.11. The molecule has 4 nitrogen and oxygen atoms in total. The van der Waals surface area contributed by atoms with Crippen LogP contribution >= 0.6 is 0 Å². The van der Waals surface area contributed by atoms with E-state index in [1.807, 2.05) is 0 Å². The van der Waals surface area contributed by atoms with Crippen LogP contribution in [-0.2, 0) is 4.74 Å². The minimum Gasteiger partial charge on any atom is -0.478 e. The molecule has 1 atom stereocenters. The zero-order valence-electron chi connectivity index (χ0n) is 17.8. The highest BCUT2D eigenvalue weighted by Crippen LogP contribution is 2.17. The molecular weight excluding hydrogens is 352 g/mol. The highest BCUT2D eigenvalue weighted by Gasteiger charge is 2.16. The molecule has 0 aliphatic rings. The van der Waals surface area contributed by atoms with Gasteiger partial charge in [-0.05, 0) is 37.5 Å². The van der Waals surface area contributed by atoms with Crippen LogP contribution in [0.5, 0.6) is 0 Å². The van der Waals surface area contributed by atoms with Crippen LogP contribution in [-0.4, -0.2) is 23.1 Å². The van der Waals surface area contributed by atoms with Gasteiger partial charge in [-0.3, -0.25) is 0 Å². The molecule has 0 fully saturated rings. The number of carbonyl (C=O) groups excluding carboxylic acids is 1. The molecule has 0 heterocycles. The maximum Gasteiger partial charge on any atom is 0.338 e. The van der Waals surface area contributed by atoms with E-state index in [9.17, 15) is 9.59 Å². The fraction of sp³-hybridized carbons (Fsp3) is 0.667. The second-order valence-corrected chi connectivity index (χ2v) is 7.67. The Kier molecular flexibility index (Phi) is 13.1. The van der Waals surface area contributed by atoms with Gasteiger partial charge in [-0.2, -0.15) is 0 Å². The summed E-state index contributed by atoms with van der Waals surface area (Å²) in [6.07, 6.45) is 15.5. The predicted octanol–water partition coefficient (Wildman–Crippen LogP) is 7.02. The van der Waals surface area contributed by atoms with Crippen molar-refractivity contribution in [3.05, 3.63) is 35.4 Å². The van der Waals surface area contributed by atoms with E-state index in [1.54, 1.807) is 12.1 Å². The number of unbranched alkanes of at least 4 members (excludes halogenated alkanes) is 9. The van der Waals surface area contributed by atoms with E-state index in [2.05, 4.69) is 13.8 Å². The van der Waals surface area contributed by atoms with E-state index < -0.39 is 11.9 Å². The lowest BCUT2D eigenvalue weighted by Crippen LogP contribution is -2.18. The second-order valence-electron chi connectivity index (χ2n) is 7.67. The van der Waals surface area contributed by atoms with Crippen LogP contribution < -0.4 is 0 Å². The van der Waals surface area contributed by atoms with Crippen molar-refractivity contribution in [1.82, 2.24) is 0 Å². The average molecular weight is 391 g/mol. The van der Waals surface area contributed by atoms with Crippen molar-refractivity contribution in [2.45, 2.75) is 103 Å². The average Bonchev–Trinajstić information content (AvgIpc) is 2.69. The number of esters is 1. The Bertz CT molecular complexity index is 567. The lowest BCUT2D eigenvalue weighted by atomic mass is 10.0. The van der Waals surface area contributed by atoms with Crippen LogP contribution in [0, 0.1) is 0 Å². The van der Waals surface area contributed by atoms with E-state index in [4.69, 9.17) is 9.84 Å². The number of benzene rings is 1. The van der Waals surface area contributed by atoms with Gasteiger partial charge in [0.05, 0.1) is 11.1 Å². The number of carboxylic acids is 1. The zero-order chi connectivity index (χ0) is 20.6. The van der Waals surface area contributed by atoms with Gasteiger partial charge in [0.15, 0.2) is 0 Å². The van der Waals surface area contributed by atoms with Gasteiger partial charge in [0.25, 0.3) is 0 Å². The first-order chi connectivity index (χ1) is 13.6. The van der Waals surface area contributed by atoms with Crippen LogP contribution in [0.15, 0.2) is 24.3 Å². The molecular formula is C24H38O4. The zero-order valence-corrected chi connectivity index (χ0v) is 17.8. The molecule has 0 saturated heterocycles. The van der Waals surface area contributed by atoms with Crippen molar-refractivity contribution in [3.63, 3.8) is 0 Å². The van der Waals surface area contributed by atoms with Crippen LogP contribution in [0.1, 0.15) is 118 Å². The number of hydrogen-bond acceptors (Lipinski definition) is 3. The first kappa shape index (κ1) is 24.2. The molecule has 1 aromatic carbocycles. The van der Waals surface area contributed by atoms with Crippen LogP contribution in [0.25, 0.3) is 0 Å². The lowest BCUT2D eigenvalue weighted by Gasteiger charge is -2.17. The fourth-order valence-electron chi connectivity index (χ4n) is 3.44. The summed E-state index contributed by atoms with van der Waals surface area (Å²) in [6, 6.07) is 6.05. The molecule has 28 heavy (non-hydrogen) atoms. The monoisotopic (exact) mass is 390 g/mol. The Balaban J connectivity index is 2.28. The Morgan fingerprint density at radius 2 is 1.39 bits per heavy atom. The highest BCUT2D eigenvalue weighted by atomic mass is 16.5. The van der Waals surface area contributed by atoms with Crippen molar-refractivity contribution in [3.8, 4) is 0 Å². The molecule has 0 aliphatic carbocycles. The van der Waals surface area contributed by atoms with E-state index in [0.29, 0.717) is 5.56 Å². The number of aromatic carboxylic acids is 1. The molecule has 0 bridgehead atoms. The largest absolute Gasteiger partial charge is 0.478 e. The standard InChI is InChI=1S/C24H38O4/c1-3-5-6-7-8-9-10-11-12-13-18-22(15-4-2)28-24(27)21-17-14-16-20(19-21)23(25)26/h14,16-17,19,22H,3-13,15,18H2,1-2H3,(H,25,26). The van der Waals surface area contributed by atoms with E-state index in [0.717, 1.165) is 25.7 Å². The normalized spacial score (nSPS) is 11.9. The maximum absolute atomic E-state index is 12.4. The van der Waals surface area contributed by atoms with Gasteiger partial charge in [0.2, 0.25) is 0 Å². The summed E-state index contributed by atoms with van der Waals surface area (Å²) in [6.45, 7) is 4.33. The molecule has 0 spiro atoms. The third kappa shape index (κ3) is 10.5. The van der Waals surface area contributed by atoms with Crippen molar-refractivity contribution < 1.29 is 19.4 Å². The molecule has 0 aliphatic heterocycles. The van der Waals surface area contributed by atoms with E-state index in [1.165, 1.54) is 69.9 Å². The minimum atomic E-state index is -1.04. The molecule has 1 unspecified atom stereocenters. The summed E-state index contributed by atoms with van der Waals surface area (Å²) in [5.41, 5.74) is 0.417. The van der Waals surface area contributed by atoms with Gasteiger partial charge in [0, 0.05) is 0 Å². The quantitative estimate of drug-likeness (QED) is 0.243. The molecule has 0 aromatic heterocycles. The number of carboxylic acid groups (broad SMARTS) is 1. The molecule has 1 rings (SSSR count). The highest BCUT2D eigenvalue weighted by molar-refractivity contribution is 5.94. The predicted molar refractivity (Wildman–Crippen MR) is 114 cm³/mol. The van der Waals surface area contributed by atoms with Gasteiger partial charge in [-0.1, -0.05) is 84.1 Å². The summed E-state index contributed by atoms with van der Waals surface area (Å²) in [7, 11) is 0. The molecule has 0 amide bonds. The van der Waals surface area contributed by atoms with Crippen molar-refractivity contribution >= 4 is 11.9 Å². The van der Waals surface area contributed by atoms with E-state index >= 15 is 0 Å². The van der Waals surface area contributed by atoms with Crippen LogP contribution in [0.3, 0.4) is 0 Å². The Hall–Kier alpha value is -1.84. The number of ether oxygens (including phenoxy) is 1. The smallest absolute Gasteiger partial charge is 0.338 e. The van der Waals surface area contributed by atoms with Gasteiger partial charge in [-0.15, -0.1) is 0 Å². The third-order valence-corrected chi connectivity index (χ3v) is 5.11. The maximum atomic E-state index is 12.4. The van der Waals surface area contributed by atoms with Gasteiger partial charge >= 0.3 is 11.9 Å². The van der Waals surface area contributed by atoms with Crippen molar-refractivity contribution in [1.29, 1.82) is 0 Å². The summed E-state index contributed by atoms with van der Waals surface area (Å²) in [5, 5.41) is 9.06. The Morgan fingerprint density at radius 3 is 1.96 bits per heavy atom. The fourth-order valence-corrected chi connectivity index (χ4v) is 3.44. The SMILES string of the molecule is CCCCCCCCCCCCC(CCC)OC(=O)c1cccc(C(=O)O)c1. The topological polar surface area (TPSA) is 63.6 Å². The number of rotatable bonds is 16. The number of hydrogen-bond donors (Lipinski definition) is 1. The van der Waals surface area contributed by atoms with Crippen LogP contribution in [0.4, 0.5) is 0 Å². The first-order valence-corrected chi connectivity index (χ1v) is 11.1. The minimum absolute atomic E-state index is 0.0833. The molecule has 0 saturated carbocycles. The van der Waals surface area contributed by atoms with Crippen LogP contribution in [0.2, 0.25) is 0 Å². The molecule has 0 radical (unpaired) electrons. The van der Waals surface area contributed by atoms with Crippen molar-refractivity contribution in [2.24, 2.45) is 0 Å². The summed E-state index contributed by atoms with van der Waals surface area (Å²) in [5.74, 6) is -1.46. The van der Waals surface area contributed by atoms with Gasteiger partial charge in [0.1, 0.15) is 6.10 Å². The van der Waals surface area contributed by atoms with Gasteiger partial charge < -0.3 is 9.84 Å². The van der Waals surface area contributed by atoms with E-state index in [-0.39, 0.29) is 11.7 Å². The Labute approximate surface area is 170 Å². The summed E-state index contributed by atoms with van der Waals surface area (Å²) in [4.78, 5) is 23.4. The number of carbonyl (C=O) groups is 2. The summed E-state index contributed by atoms with van der Waals surface area (Å²) < 4.78 is 5.66. The van der Waals surface area contributed by atoms with Gasteiger partial charge in [-0.25, -0.2) is 9.59 Å². The molecule has 1 N–H and O–H groups in total. The lowest BCUT2D eigenvalue weighted by molar-refractivity contribution is 0.0253. The molecule has 4 heteroatoms. The summed E-state index contributed by atoms with van der Waals surface area (Å²) >= 11 is 0. The van der Waals surface area contributed by atoms with Crippen molar-refractivity contribution in [2.75, 3.05) is 0 Å². The Morgan fingerprint density at radius 1 is 0.821 bits per heavy atom. The molecule has 1 aromatic rings. The first-order valence-electron chi connectivity index (χ1n) is 11.1. The molecule has 158 valence electrons. The second kappa shape index (κ2) is 15.1.